The van der Waals surface area contributed by atoms with Gasteiger partial charge in [-0.1, -0.05) is 0 Å². The van der Waals surface area contributed by atoms with Crippen molar-refractivity contribution >= 4 is 28.2 Å². The van der Waals surface area contributed by atoms with Crippen LogP contribution in [0.25, 0.3) is 0 Å². The molecule has 1 amide bonds. The third-order valence-electron chi connectivity index (χ3n) is 4.43. The molecule has 1 aromatic rings. The van der Waals surface area contributed by atoms with Crippen LogP contribution < -0.4 is 14.8 Å². The van der Waals surface area contributed by atoms with Gasteiger partial charge in [0.25, 0.3) is 0 Å². The number of sulfone groups is 1. The molecule has 1 fully saturated rings. The third kappa shape index (κ3) is 5.49. The summed E-state index contributed by atoms with van der Waals surface area (Å²) in [6.45, 7) is 2.26. The molecule has 0 aliphatic carbocycles. The van der Waals surface area contributed by atoms with E-state index in [1.807, 2.05) is 7.05 Å². The zero-order chi connectivity index (χ0) is 18.4. The highest BCUT2D eigenvalue weighted by Crippen LogP contribution is 2.30. The van der Waals surface area contributed by atoms with Crippen molar-refractivity contribution < 1.29 is 22.7 Å². The fourth-order valence-corrected chi connectivity index (χ4v) is 4.26. The summed E-state index contributed by atoms with van der Waals surface area (Å²) in [5.41, 5.74) is 0. The van der Waals surface area contributed by atoms with E-state index in [-0.39, 0.29) is 35.4 Å². The number of methoxy groups -OCH3 is 2. The number of carbonyl (C=O) groups excluding carboxylic acids is 1. The molecule has 0 saturated carbocycles. The SMILES string of the molecule is CNCC1CCN(C(=O)CCS(=O)(=O)c2ccc(OC)c(OC)c2)C1.Cl. The van der Waals surface area contributed by atoms with Crippen molar-refractivity contribution in [3.05, 3.63) is 18.2 Å². The number of hydrogen-bond acceptors (Lipinski definition) is 6. The normalized spacial score (nSPS) is 16.9. The molecular weight excluding hydrogens is 380 g/mol. The number of amides is 1. The summed E-state index contributed by atoms with van der Waals surface area (Å²) in [4.78, 5) is 14.2. The number of halogens is 1. The molecule has 7 nitrogen and oxygen atoms in total. The van der Waals surface area contributed by atoms with Gasteiger partial charge in [0.2, 0.25) is 5.91 Å². The fraction of sp³-hybridized carbons (Fsp3) is 0.588. The van der Waals surface area contributed by atoms with Gasteiger partial charge in [0.15, 0.2) is 21.3 Å². The molecular formula is C17H27ClN2O5S. The minimum absolute atomic E-state index is 0. The fourth-order valence-electron chi connectivity index (χ4n) is 3.02. The van der Waals surface area contributed by atoms with Crippen LogP contribution in [0.2, 0.25) is 0 Å². The Morgan fingerprint density at radius 3 is 2.58 bits per heavy atom. The first-order chi connectivity index (χ1) is 11.9. The standard InChI is InChI=1S/C17H26N2O5S.ClH/c1-18-11-13-6-8-19(12-13)17(20)7-9-25(21,22)14-4-5-15(23-2)16(10-14)24-3;/h4-5,10,13,18H,6-9,11-12H2,1-3H3;1H. The van der Waals surface area contributed by atoms with Crippen LogP contribution in [0.1, 0.15) is 12.8 Å². The Balaban J connectivity index is 0.00000338. The molecule has 1 aliphatic rings. The van der Waals surface area contributed by atoms with E-state index in [0.29, 0.717) is 30.5 Å². The van der Waals surface area contributed by atoms with E-state index >= 15 is 0 Å². The van der Waals surface area contributed by atoms with Gasteiger partial charge in [0.1, 0.15) is 0 Å². The van der Waals surface area contributed by atoms with E-state index in [9.17, 15) is 13.2 Å². The molecule has 0 spiro atoms. The highest BCUT2D eigenvalue weighted by Gasteiger charge is 2.27. The first kappa shape index (κ1) is 22.5. The molecule has 2 rings (SSSR count). The van der Waals surface area contributed by atoms with Gasteiger partial charge in [-0.25, -0.2) is 8.42 Å². The second kappa shape index (κ2) is 9.99. The van der Waals surface area contributed by atoms with Crippen molar-refractivity contribution in [1.29, 1.82) is 0 Å². The minimum Gasteiger partial charge on any atom is -0.493 e. The van der Waals surface area contributed by atoms with E-state index in [4.69, 9.17) is 9.47 Å². The summed E-state index contributed by atoms with van der Waals surface area (Å²) < 4.78 is 35.3. The summed E-state index contributed by atoms with van der Waals surface area (Å²) in [6.07, 6.45) is 0.942. The number of rotatable bonds is 8. The Morgan fingerprint density at radius 1 is 1.27 bits per heavy atom. The number of nitrogens with one attached hydrogen (secondary N) is 1. The molecule has 0 aromatic heterocycles. The van der Waals surface area contributed by atoms with Crippen molar-refractivity contribution in [2.24, 2.45) is 5.92 Å². The lowest BCUT2D eigenvalue weighted by Gasteiger charge is -2.16. The largest absolute Gasteiger partial charge is 0.493 e. The van der Waals surface area contributed by atoms with E-state index in [1.165, 1.54) is 26.4 Å². The monoisotopic (exact) mass is 406 g/mol. The number of hydrogen-bond donors (Lipinski definition) is 1. The Morgan fingerprint density at radius 2 is 1.96 bits per heavy atom. The van der Waals surface area contributed by atoms with Gasteiger partial charge >= 0.3 is 0 Å². The van der Waals surface area contributed by atoms with Gasteiger partial charge in [-0.05, 0) is 38.1 Å². The Hall–Kier alpha value is -1.51. The molecule has 9 heteroatoms. The lowest BCUT2D eigenvalue weighted by molar-refractivity contribution is -0.129. The van der Waals surface area contributed by atoms with E-state index < -0.39 is 9.84 Å². The van der Waals surface area contributed by atoms with Crippen LogP contribution in [-0.4, -0.2) is 65.9 Å². The molecule has 0 radical (unpaired) electrons. The number of ether oxygens (including phenoxy) is 2. The van der Waals surface area contributed by atoms with Crippen molar-refractivity contribution in [3.63, 3.8) is 0 Å². The predicted octanol–water partition coefficient (Wildman–Crippen LogP) is 1.36. The van der Waals surface area contributed by atoms with Crippen LogP contribution in [0.5, 0.6) is 11.5 Å². The summed E-state index contributed by atoms with van der Waals surface area (Å²) in [7, 11) is 1.27. The Kier molecular flexibility index (Phi) is 8.66. The van der Waals surface area contributed by atoms with Crippen LogP contribution in [0.3, 0.4) is 0 Å². The lowest BCUT2D eigenvalue weighted by atomic mass is 10.1. The zero-order valence-corrected chi connectivity index (χ0v) is 17.0. The second-order valence-corrected chi connectivity index (χ2v) is 8.25. The zero-order valence-electron chi connectivity index (χ0n) is 15.4. The summed E-state index contributed by atoms with van der Waals surface area (Å²) >= 11 is 0. The number of benzene rings is 1. The predicted molar refractivity (Wildman–Crippen MR) is 102 cm³/mol. The van der Waals surface area contributed by atoms with Crippen LogP contribution in [0.4, 0.5) is 0 Å². The number of nitrogens with zero attached hydrogens (tertiary/aromatic N) is 1. The van der Waals surface area contributed by atoms with E-state index in [2.05, 4.69) is 5.32 Å². The van der Waals surface area contributed by atoms with Gasteiger partial charge in [0.05, 0.1) is 24.9 Å². The molecule has 1 aliphatic heterocycles. The molecule has 1 N–H and O–H groups in total. The molecule has 1 unspecified atom stereocenters. The first-order valence-corrected chi connectivity index (χ1v) is 9.93. The topological polar surface area (TPSA) is 84.9 Å². The number of carbonyl (C=O) groups is 1. The van der Waals surface area contributed by atoms with Crippen LogP contribution in [-0.2, 0) is 14.6 Å². The van der Waals surface area contributed by atoms with Crippen LogP contribution in [0.15, 0.2) is 23.1 Å². The summed E-state index contributed by atoms with van der Waals surface area (Å²) in [5.74, 6) is 0.933. The van der Waals surface area contributed by atoms with E-state index in [0.717, 1.165) is 13.0 Å². The summed E-state index contributed by atoms with van der Waals surface area (Å²) in [6, 6.07) is 4.45. The van der Waals surface area contributed by atoms with Gasteiger partial charge in [-0.3, -0.25) is 4.79 Å². The van der Waals surface area contributed by atoms with Crippen LogP contribution >= 0.6 is 12.4 Å². The smallest absolute Gasteiger partial charge is 0.223 e. The van der Waals surface area contributed by atoms with Crippen molar-refractivity contribution in [3.8, 4) is 11.5 Å². The molecule has 1 aromatic carbocycles. The van der Waals surface area contributed by atoms with Crippen molar-refractivity contribution in [2.75, 3.05) is 46.7 Å². The summed E-state index contributed by atoms with van der Waals surface area (Å²) in [5, 5.41) is 3.11. The van der Waals surface area contributed by atoms with Gasteiger partial charge in [-0.15, -0.1) is 12.4 Å². The third-order valence-corrected chi connectivity index (χ3v) is 6.14. The van der Waals surface area contributed by atoms with Crippen molar-refractivity contribution in [1.82, 2.24) is 10.2 Å². The number of likely N-dealkylation sites (tertiary alicyclic amines) is 1. The molecule has 0 bridgehead atoms. The maximum Gasteiger partial charge on any atom is 0.223 e. The van der Waals surface area contributed by atoms with Gasteiger partial charge in [0, 0.05) is 25.6 Å². The average Bonchev–Trinajstić information content (AvgIpc) is 3.08. The van der Waals surface area contributed by atoms with Crippen molar-refractivity contribution in [2.45, 2.75) is 17.7 Å². The molecule has 148 valence electrons. The quantitative estimate of drug-likeness (QED) is 0.701. The van der Waals surface area contributed by atoms with E-state index in [1.54, 1.807) is 11.0 Å². The maximum absolute atomic E-state index is 12.5. The van der Waals surface area contributed by atoms with Gasteiger partial charge in [-0.2, -0.15) is 0 Å². The highest BCUT2D eigenvalue weighted by molar-refractivity contribution is 7.91. The highest BCUT2D eigenvalue weighted by atomic mass is 35.5. The maximum atomic E-state index is 12.5. The average molecular weight is 407 g/mol. The van der Waals surface area contributed by atoms with Crippen LogP contribution in [0, 0.1) is 5.92 Å². The molecule has 1 heterocycles. The molecule has 1 saturated heterocycles. The minimum atomic E-state index is -3.56. The first-order valence-electron chi connectivity index (χ1n) is 8.28. The molecule has 26 heavy (non-hydrogen) atoms. The second-order valence-electron chi connectivity index (χ2n) is 6.14. The Bertz CT molecular complexity index is 711. The Labute approximate surface area is 161 Å². The molecule has 1 atom stereocenters. The lowest BCUT2D eigenvalue weighted by Crippen LogP contribution is -2.31. The van der Waals surface area contributed by atoms with Gasteiger partial charge < -0.3 is 19.7 Å².